The van der Waals surface area contributed by atoms with E-state index in [-0.39, 0.29) is 18.4 Å². The monoisotopic (exact) mass is 251 g/mol. The molecular weight excluding hydrogens is 230 g/mol. The first-order valence-corrected chi connectivity index (χ1v) is 6.41. The predicted molar refractivity (Wildman–Crippen MR) is 69.4 cm³/mol. The van der Waals surface area contributed by atoms with Crippen LogP contribution < -0.4 is 10.5 Å². The van der Waals surface area contributed by atoms with Crippen LogP contribution >= 0.6 is 0 Å². The van der Waals surface area contributed by atoms with Gasteiger partial charge in [0.25, 0.3) is 0 Å². The van der Waals surface area contributed by atoms with Gasteiger partial charge in [0.2, 0.25) is 0 Å². The van der Waals surface area contributed by atoms with Gasteiger partial charge in [-0.1, -0.05) is 18.2 Å². The third kappa shape index (κ3) is 3.45. The molecule has 1 aromatic carbocycles. The first-order chi connectivity index (χ1) is 8.66. The van der Waals surface area contributed by atoms with E-state index >= 15 is 0 Å². The summed E-state index contributed by atoms with van der Waals surface area (Å²) in [4.78, 5) is 0. The van der Waals surface area contributed by atoms with Gasteiger partial charge < -0.3 is 19.9 Å². The quantitative estimate of drug-likeness (QED) is 0.872. The SMILES string of the molecule is CC(C)Oc1ccccc1C(N)CC1OCCO1. The fourth-order valence-electron chi connectivity index (χ4n) is 2.03. The number of nitrogens with two attached hydrogens (primary N) is 1. The van der Waals surface area contributed by atoms with Gasteiger partial charge in [-0.05, 0) is 19.9 Å². The number of hydrogen-bond donors (Lipinski definition) is 1. The highest BCUT2D eigenvalue weighted by Crippen LogP contribution is 2.28. The molecule has 0 aliphatic carbocycles. The molecule has 1 heterocycles. The van der Waals surface area contributed by atoms with Crippen molar-refractivity contribution < 1.29 is 14.2 Å². The fraction of sp³-hybridized carbons (Fsp3) is 0.571. The number of benzene rings is 1. The molecule has 0 radical (unpaired) electrons. The molecule has 0 amide bonds. The molecule has 1 aliphatic rings. The van der Waals surface area contributed by atoms with Gasteiger partial charge in [0.05, 0.1) is 19.3 Å². The Kier molecular flexibility index (Phi) is 4.58. The molecule has 2 N–H and O–H groups in total. The van der Waals surface area contributed by atoms with Crippen molar-refractivity contribution in [1.29, 1.82) is 0 Å². The van der Waals surface area contributed by atoms with E-state index < -0.39 is 0 Å². The lowest BCUT2D eigenvalue weighted by Gasteiger charge is -2.20. The third-order valence-electron chi connectivity index (χ3n) is 2.82. The topological polar surface area (TPSA) is 53.7 Å². The zero-order valence-corrected chi connectivity index (χ0v) is 11.0. The molecule has 1 saturated heterocycles. The van der Waals surface area contributed by atoms with Crippen LogP contribution in [0.4, 0.5) is 0 Å². The average molecular weight is 251 g/mol. The summed E-state index contributed by atoms with van der Waals surface area (Å²) in [6.45, 7) is 5.32. The van der Waals surface area contributed by atoms with Crippen molar-refractivity contribution in [3.05, 3.63) is 29.8 Å². The van der Waals surface area contributed by atoms with Crippen molar-refractivity contribution in [2.75, 3.05) is 13.2 Å². The van der Waals surface area contributed by atoms with Gasteiger partial charge in [-0.15, -0.1) is 0 Å². The maximum Gasteiger partial charge on any atom is 0.159 e. The summed E-state index contributed by atoms with van der Waals surface area (Å²) in [6.07, 6.45) is 0.600. The van der Waals surface area contributed by atoms with Gasteiger partial charge in [0, 0.05) is 18.0 Å². The largest absolute Gasteiger partial charge is 0.491 e. The van der Waals surface area contributed by atoms with Crippen LogP contribution in [0.5, 0.6) is 5.75 Å². The van der Waals surface area contributed by atoms with Crippen LogP contribution in [0.25, 0.3) is 0 Å². The van der Waals surface area contributed by atoms with Crippen LogP contribution in [-0.4, -0.2) is 25.6 Å². The second-order valence-corrected chi connectivity index (χ2v) is 4.72. The molecule has 0 spiro atoms. The lowest BCUT2D eigenvalue weighted by atomic mass is 10.0. The van der Waals surface area contributed by atoms with Gasteiger partial charge in [-0.2, -0.15) is 0 Å². The predicted octanol–water partition coefficient (Wildman–Crippen LogP) is 2.24. The molecule has 100 valence electrons. The van der Waals surface area contributed by atoms with Crippen LogP contribution in [0, 0.1) is 0 Å². The minimum absolute atomic E-state index is 0.136. The molecule has 4 nitrogen and oxygen atoms in total. The molecule has 1 aliphatic heterocycles. The molecule has 1 aromatic rings. The Morgan fingerprint density at radius 2 is 1.94 bits per heavy atom. The second kappa shape index (κ2) is 6.18. The zero-order valence-electron chi connectivity index (χ0n) is 11.0. The average Bonchev–Trinajstić information content (AvgIpc) is 2.81. The van der Waals surface area contributed by atoms with Crippen LogP contribution in [0.1, 0.15) is 31.9 Å². The fourth-order valence-corrected chi connectivity index (χ4v) is 2.03. The molecular formula is C14H21NO3. The van der Waals surface area contributed by atoms with Crippen molar-refractivity contribution in [2.24, 2.45) is 5.73 Å². The van der Waals surface area contributed by atoms with Crippen LogP contribution in [0.2, 0.25) is 0 Å². The van der Waals surface area contributed by atoms with Gasteiger partial charge in [0.15, 0.2) is 6.29 Å². The second-order valence-electron chi connectivity index (χ2n) is 4.72. The van der Waals surface area contributed by atoms with E-state index in [9.17, 15) is 0 Å². The van der Waals surface area contributed by atoms with Crippen molar-refractivity contribution in [3.8, 4) is 5.75 Å². The summed E-state index contributed by atoms with van der Waals surface area (Å²) in [6, 6.07) is 7.74. The van der Waals surface area contributed by atoms with E-state index in [0.29, 0.717) is 19.6 Å². The number of rotatable bonds is 5. The maximum atomic E-state index is 6.21. The van der Waals surface area contributed by atoms with Crippen molar-refractivity contribution in [3.63, 3.8) is 0 Å². The van der Waals surface area contributed by atoms with E-state index in [4.69, 9.17) is 19.9 Å². The summed E-state index contributed by atoms with van der Waals surface area (Å²) < 4.78 is 16.6. The highest BCUT2D eigenvalue weighted by Gasteiger charge is 2.22. The van der Waals surface area contributed by atoms with Gasteiger partial charge in [-0.25, -0.2) is 0 Å². The summed E-state index contributed by atoms with van der Waals surface area (Å²) in [5.74, 6) is 0.845. The first kappa shape index (κ1) is 13.3. The Morgan fingerprint density at radius 1 is 1.28 bits per heavy atom. The molecule has 0 aromatic heterocycles. The highest BCUT2D eigenvalue weighted by atomic mass is 16.7. The van der Waals surface area contributed by atoms with Gasteiger partial charge >= 0.3 is 0 Å². The van der Waals surface area contributed by atoms with Crippen molar-refractivity contribution in [1.82, 2.24) is 0 Å². The molecule has 2 rings (SSSR count). The molecule has 1 fully saturated rings. The molecule has 0 saturated carbocycles. The summed E-state index contributed by atoms with van der Waals surface area (Å²) in [5.41, 5.74) is 7.22. The summed E-state index contributed by atoms with van der Waals surface area (Å²) >= 11 is 0. The van der Waals surface area contributed by atoms with E-state index in [0.717, 1.165) is 11.3 Å². The highest BCUT2D eigenvalue weighted by molar-refractivity contribution is 5.35. The standard InChI is InChI=1S/C14H21NO3/c1-10(2)18-13-6-4-3-5-11(13)12(15)9-14-16-7-8-17-14/h3-6,10,12,14H,7-9,15H2,1-2H3. The Bertz CT molecular complexity index is 375. The smallest absolute Gasteiger partial charge is 0.159 e. The van der Waals surface area contributed by atoms with E-state index in [1.807, 2.05) is 38.1 Å². The van der Waals surface area contributed by atoms with Crippen molar-refractivity contribution >= 4 is 0 Å². The lowest BCUT2D eigenvalue weighted by Crippen LogP contribution is -2.20. The minimum atomic E-state index is -0.188. The number of hydrogen-bond acceptors (Lipinski definition) is 4. The maximum absolute atomic E-state index is 6.21. The van der Waals surface area contributed by atoms with E-state index in [1.54, 1.807) is 0 Å². The van der Waals surface area contributed by atoms with Crippen molar-refractivity contribution in [2.45, 2.75) is 38.7 Å². The Balaban J connectivity index is 2.05. The van der Waals surface area contributed by atoms with Crippen LogP contribution in [0.15, 0.2) is 24.3 Å². The number of para-hydroxylation sites is 1. The van der Waals surface area contributed by atoms with Crippen LogP contribution in [0.3, 0.4) is 0 Å². The third-order valence-corrected chi connectivity index (χ3v) is 2.82. The molecule has 0 bridgehead atoms. The molecule has 1 unspecified atom stereocenters. The summed E-state index contributed by atoms with van der Waals surface area (Å²) in [7, 11) is 0. The molecule has 18 heavy (non-hydrogen) atoms. The van der Waals surface area contributed by atoms with Gasteiger partial charge in [0.1, 0.15) is 5.75 Å². The first-order valence-electron chi connectivity index (χ1n) is 6.41. The Hall–Kier alpha value is -1.10. The summed E-state index contributed by atoms with van der Waals surface area (Å²) in [5, 5.41) is 0. The van der Waals surface area contributed by atoms with E-state index in [2.05, 4.69) is 0 Å². The normalized spacial score (nSPS) is 18.2. The molecule has 4 heteroatoms. The minimum Gasteiger partial charge on any atom is -0.491 e. The van der Waals surface area contributed by atoms with Gasteiger partial charge in [-0.3, -0.25) is 0 Å². The van der Waals surface area contributed by atoms with Crippen LogP contribution in [-0.2, 0) is 9.47 Å². The Morgan fingerprint density at radius 3 is 2.61 bits per heavy atom. The molecule has 1 atom stereocenters. The Labute approximate surface area is 108 Å². The zero-order chi connectivity index (χ0) is 13.0. The van der Waals surface area contributed by atoms with E-state index in [1.165, 1.54) is 0 Å². The number of ether oxygens (including phenoxy) is 3. The lowest BCUT2D eigenvalue weighted by molar-refractivity contribution is -0.0508.